The van der Waals surface area contributed by atoms with Crippen molar-refractivity contribution in [2.45, 2.75) is 13.2 Å². The normalized spacial score (nSPS) is 9.94. The van der Waals surface area contributed by atoms with E-state index >= 15 is 0 Å². The summed E-state index contributed by atoms with van der Waals surface area (Å²) in [5, 5.41) is 2.21. The average molecular weight is 259 g/mol. The van der Waals surface area contributed by atoms with Gasteiger partial charge in [-0.15, -0.1) is 0 Å². The second-order valence-corrected chi connectivity index (χ2v) is 2.63. The number of hydrogen-bond donors (Lipinski definition) is 1. The maximum Gasteiger partial charge on any atom is 0.356 e. The standard InChI is InChI=1S/C7H11NO4.C4H6O2/c1-4-5(9)8-6(11-2)7(10)12-3;1-3-6-4(2)5/h4,6H,1H2,2-3H3,(H,8,9);3H,1H2,2H3. The number of rotatable bonds is 5. The van der Waals surface area contributed by atoms with E-state index < -0.39 is 18.1 Å². The van der Waals surface area contributed by atoms with Gasteiger partial charge in [-0.05, 0) is 6.08 Å². The summed E-state index contributed by atoms with van der Waals surface area (Å²) in [7, 11) is 2.49. The molecule has 0 saturated heterocycles. The minimum Gasteiger partial charge on any atom is -0.466 e. The zero-order valence-corrected chi connectivity index (χ0v) is 10.6. The molecule has 0 saturated carbocycles. The zero-order chi connectivity index (χ0) is 14.6. The molecule has 1 unspecified atom stereocenters. The third kappa shape index (κ3) is 10.4. The summed E-state index contributed by atoms with van der Waals surface area (Å²) in [6, 6.07) is 0. The van der Waals surface area contributed by atoms with Gasteiger partial charge in [0.25, 0.3) is 0 Å². The summed E-state index contributed by atoms with van der Waals surface area (Å²) in [6.07, 6.45) is 1.07. The van der Waals surface area contributed by atoms with E-state index in [1.54, 1.807) is 0 Å². The number of methoxy groups -OCH3 is 2. The molecule has 0 aromatic heterocycles. The third-order valence-corrected chi connectivity index (χ3v) is 1.36. The topological polar surface area (TPSA) is 90.9 Å². The molecule has 0 spiro atoms. The van der Waals surface area contributed by atoms with E-state index in [1.165, 1.54) is 21.1 Å². The van der Waals surface area contributed by atoms with E-state index in [4.69, 9.17) is 0 Å². The number of esters is 2. The van der Waals surface area contributed by atoms with E-state index in [1.807, 2.05) is 0 Å². The Kier molecular flexibility index (Phi) is 11.5. The minimum atomic E-state index is -1.07. The monoisotopic (exact) mass is 259 g/mol. The lowest BCUT2D eigenvalue weighted by Crippen LogP contribution is -2.41. The number of nitrogens with one attached hydrogen (secondary N) is 1. The molecule has 0 rings (SSSR count). The van der Waals surface area contributed by atoms with Crippen molar-refractivity contribution < 1.29 is 28.6 Å². The van der Waals surface area contributed by atoms with Gasteiger partial charge in [0.05, 0.1) is 13.4 Å². The quantitative estimate of drug-likeness (QED) is 0.326. The number of carbonyl (C=O) groups is 3. The van der Waals surface area contributed by atoms with Crippen LogP contribution in [-0.2, 0) is 28.6 Å². The lowest BCUT2D eigenvalue weighted by atomic mass is 10.5. The Morgan fingerprint density at radius 2 is 1.78 bits per heavy atom. The molecule has 102 valence electrons. The molecule has 0 aliphatic rings. The van der Waals surface area contributed by atoms with Gasteiger partial charge in [-0.3, -0.25) is 9.59 Å². The molecule has 1 amide bonds. The van der Waals surface area contributed by atoms with E-state index in [2.05, 4.69) is 32.7 Å². The Morgan fingerprint density at radius 3 is 2.00 bits per heavy atom. The molecule has 18 heavy (non-hydrogen) atoms. The number of ether oxygens (including phenoxy) is 3. The minimum absolute atomic E-state index is 0.329. The fraction of sp³-hybridized carbons (Fsp3) is 0.364. The smallest absolute Gasteiger partial charge is 0.356 e. The fourth-order valence-electron chi connectivity index (χ4n) is 0.627. The molecule has 0 aromatic rings. The maximum absolute atomic E-state index is 10.8. The van der Waals surface area contributed by atoms with E-state index in [9.17, 15) is 14.4 Å². The van der Waals surface area contributed by atoms with Gasteiger partial charge in [0.15, 0.2) is 0 Å². The molecule has 7 nitrogen and oxygen atoms in total. The van der Waals surface area contributed by atoms with Crippen molar-refractivity contribution >= 4 is 17.8 Å². The third-order valence-electron chi connectivity index (χ3n) is 1.36. The van der Waals surface area contributed by atoms with Gasteiger partial charge in [0.1, 0.15) is 0 Å². The first-order valence-electron chi connectivity index (χ1n) is 4.74. The van der Waals surface area contributed by atoms with Crippen molar-refractivity contribution in [2.24, 2.45) is 0 Å². The molecule has 1 N–H and O–H groups in total. The van der Waals surface area contributed by atoms with Crippen molar-refractivity contribution in [2.75, 3.05) is 14.2 Å². The second kappa shape index (κ2) is 11.3. The van der Waals surface area contributed by atoms with Gasteiger partial charge in [-0.2, -0.15) is 0 Å². The van der Waals surface area contributed by atoms with Crippen molar-refractivity contribution in [1.82, 2.24) is 5.32 Å². The van der Waals surface area contributed by atoms with Crippen LogP contribution in [0.3, 0.4) is 0 Å². The SMILES string of the molecule is C=CC(=O)NC(OC)C(=O)OC.C=COC(C)=O. The molecule has 0 aromatic carbocycles. The Labute approximate surface area is 105 Å². The molecular weight excluding hydrogens is 242 g/mol. The predicted octanol–water partition coefficient (Wildman–Crippen LogP) is 0.127. The predicted molar refractivity (Wildman–Crippen MR) is 63.1 cm³/mol. The molecule has 0 aliphatic carbocycles. The van der Waals surface area contributed by atoms with E-state index in [0.29, 0.717) is 0 Å². The fourth-order valence-corrected chi connectivity index (χ4v) is 0.627. The summed E-state index contributed by atoms with van der Waals surface area (Å²) in [4.78, 5) is 31.2. The molecule has 1 atom stereocenters. The Balaban J connectivity index is 0. The van der Waals surface area contributed by atoms with Crippen LogP contribution < -0.4 is 5.32 Å². The van der Waals surface area contributed by atoms with Gasteiger partial charge in [-0.1, -0.05) is 13.2 Å². The van der Waals surface area contributed by atoms with Gasteiger partial charge in [0, 0.05) is 14.0 Å². The van der Waals surface area contributed by atoms with Crippen LogP contribution in [0.1, 0.15) is 6.92 Å². The van der Waals surface area contributed by atoms with Gasteiger partial charge >= 0.3 is 11.9 Å². The van der Waals surface area contributed by atoms with Crippen molar-refractivity contribution in [3.63, 3.8) is 0 Å². The molecule has 0 fully saturated rings. The first-order chi connectivity index (χ1) is 8.42. The number of amides is 1. The highest BCUT2D eigenvalue weighted by Gasteiger charge is 2.18. The van der Waals surface area contributed by atoms with Gasteiger partial charge in [0.2, 0.25) is 12.1 Å². The van der Waals surface area contributed by atoms with Crippen LogP contribution >= 0.6 is 0 Å². The molecular formula is C11H17NO6. The van der Waals surface area contributed by atoms with Crippen LogP contribution in [0.2, 0.25) is 0 Å². The van der Waals surface area contributed by atoms with Crippen LogP contribution in [0.4, 0.5) is 0 Å². The Bertz CT molecular complexity index is 313. The highest BCUT2D eigenvalue weighted by atomic mass is 16.6. The Morgan fingerprint density at radius 1 is 1.22 bits per heavy atom. The number of hydrogen-bond acceptors (Lipinski definition) is 6. The van der Waals surface area contributed by atoms with Crippen LogP contribution in [0, 0.1) is 0 Å². The molecule has 0 heterocycles. The first kappa shape index (κ1) is 18.2. The van der Waals surface area contributed by atoms with Crippen LogP contribution in [0.25, 0.3) is 0 Å². The van der Waals surface area contributed by atoms with Gasteiger partial charge < -0.3 is 19.5 Å². The first-order valence-corrected chi connectivity index (χ1v) is 4.74. The highest BCUT2D eigenvalue weighted by molar-refractivity contribution is 5.90. The Hall–Kier alpha value is -2.15. The highest BCUT2D eigenvalue weighted by Crippen LogP contribution is 1.88. The maximum atomic E-state index is 10.8. The van der Waals surface area contributed by atoms with Crippen molar-refractivity contribution in [3.05, 3.63) is 25.5 Å². The van der Waals surface area contributed by atoms with E-state index in [-0.39, 0.29) is 5.97 Å². The average Bonchev–Trinajstić information content (AvgIpc) is 2.35. The lowest BCUT2D eigenvalue weighted by Gasteiger charge is -2.12. The summed E-state index contributed by atoms with van der Waals surface area (Å²) >= 11 is 0. The molecule has 0 aliphatic heterocycles. The summed E-state index contributed by atoms with van der Waals surface area (Å²) in [5.74, 6) is -1.48. The summed E-state index contributed by atoms with van der Waals surface area (Å²) in [5.41, 5.74) is 0. The van der Waals surface area contributed by atoms with Crippen LogP contribution in [-0.4, -0.2) is 38.3 Å². The summed E-state index contributed by atoms with van der Waals surface area (Å²) < 4.78 is 13.1. The van der Waals surface area contributed by atoms with Crippen molar-refractivity contribution in [1.29, 1.82) is 0 Å². The van der Waals surface area contributed by atoms with Crippen molar-refractivity contribution in [3.8, 4) is 0 Å². The number of carbonyl (C=O) groups excluding carboxylic acids is 3. The van der Waals surface area contributed by atoms with E-state index in [0.717, 1.165) is 12.3 Å². The molecule has 0 radical (unpaired) electrons. The molecule has 7 heteroatoms. The van der Waals surface area contributed by atoms with Crippen LogP contribution in [0.5, 0.6) is 0 Å². The lowest BCUT2D eigenvalue weighted by molar-refractivity contribution is -0.156. The zero-order valence-electron chi connectivity index (χ0n) is 10.6. The molecule has 0 bridgehead atoms. The largest absolute Gasteiger partial charge is 0.466 e. The van der Waals surface area contributed by atoms with Crippen LogP contribution in [0.15, 0.2) is 25.5 Å². The van der Waals surface area contributed by atoms with Gasteiger partial charge in [-0.25, -0.2) is 4.79 Å². The second-order valence-electron chi connectivity index (χ2n) is 2.63. The summed E-state index contributed by atoms with van der Waals surface area (Å²) in [6.45, 7) is 7.69.